The summed E-state index contributed by atoms with van der Waals surface area (Å²) in [4.78, 5) is 11.0. The highest BCUT2D eigenvalue weighted by atomic mass is 16.5. The zero-order valence-electron chi connectivity index (χ0n) is 12.3. The number of benzene rings is 1. The van der Waals surface area contributed by atoms with Crippen molar-refractivity contribution in [1.29, 1.82) is 0 Å². The maximum atomic E-state index is 11.0. The van der Waals surface area contributed by atoms with Gasteiger partial charge in [0.1, 0.15) is 22.8 Å². The number of rotatable bonds is 6. The van der Waals surface area contributed by atoms with E-state index in [9.17, 15) is 4.79 Å². The first-order chi connectivity index (χ1) is 10.0. The lowest BCUT2D eigenvalue weighted by molar-refractivity contribution is 0.0695. The minimum atomic E-state index is -0.967. The van der Waals surface area contributed by atoms with Gasteiger partial charge in [0.05, 0.1) is 13.7 Å². The molecule has 0 saturated heterocycles. The van der Waals surface area contributed by atoms with E-state index in [0.717, 1.165) is 11.3 Å². The Bertz CT molecular complexity index is 616. The Morgan fingerprint density at radius 2 is 2.05 bits per heavy atom. The van der Waals surface area contributed by atoms with Crippen molar-refractivity contribution in [3.05, 3.63) is 53.0 Å². The number of carboxylic acids is 1. The molecule has 2 rings (SSSR count). The summed E-state index contributed by atoms with van der Waals surface area (Å²) >= 11 is 0. The molecule has 0 radical (unpaired) electrons. The lowest BCUT2D eigenvalue weighted by atomic mass is 10.1. The molecule has 0 aliphatic rings. The van der Waals surface area contributed by atoms with Crippen LogP contribution in [0.4, 0.5) is 0 Å². The van der Waals surface area contributed by atoms with E-state index in [-0.39, 0.29) is 11.6 Å². The fourth-order valence-electron chi connectivity index (χ4n) is 2.11. The highest BCUT2D eigenvalue weighted by Gasteiger charge is 2.14. The molecule has 21 heavy (non-hydrogen) atoms. The predicted octanol–water partition coefficient (Wildman–Crippen LogP) is 3.15. The minimum absolute atomic E-state index is 0.120. The van der Waals surface area contributed by atoms with Crippen molar-refractivity contribution in [2.75, 3.05) is 7.11 Å². The van der Waals surface area contributed by atoms with E-state index in [0.29, 0.717) is 18.1 Å². The Labute approximate surface area is 123 Å². The maximum Gasteiger partial charge on any atom is 0.339 e. The van der Waals surface area contributed by atoms with Crippen LogP contribution in [0.5, 0.6) is 5.75 Å². The molecule has 0 aliphatic carbocycles. The molecule has 0 amide bonds. The van der Waals surface area contributed by atoms with Crippen LogP contribution in [0, 0.1) is 6.92 Å². The average Bonchev–Trinajstić information content (AvgIpc) is 2.86. The van der Waals surface area contributed by atoms with Crippen LogP contribution in [-0.2, 0) is 6.54 Å². The molecule has 0 unspecified atom stereocenters. The normalized spacial score (nSPS) is 12.1. The van der Waals surface area contributed by atoms with Gasteiger partial charge in [-0.2, -0.15) is 0 Å². The molecule has 0 saturated carbocycles. The number of methoxy groups -OCH3 is 1. The zero-order valence-corrected chi connectivity index (χ0v) is 12.3. The van der Waals surface area contributed by atoms with Gasteiger partial charge >= 0.3 is 5.97 Å². The Balaban J connectivity index is 1.98. The first-order valence-corrected chi connectivity index (χ1v) is 6.71. The second-order valence-corrected chi connectivity index (χ2v) is 4.86. The van der Waals surface area contributed by atoms with Crippen LogP contribution in [-0.4, -0.2) is 18.2 Å². The van der Waals surface area contributed by atoms with Gasteiger partial charge in [-0.3, -0.25) is 0 Å². The fourth-order valence-corrected chi connectivity index (χ4v) is 2.11. The van der Waals surface area contributed by atoms with Gasteiger partial charge in [-0.15, -0.1) is 0 Å². The summed E-state index contributed by atoms with van der Waals surface area (Å²) in [6.45, 7) is 4.16. The number of aromatic carboxylic acids is 1. The molecule has 1 aromatic carbocycles. The summed E-state index contributed by atoms with van der Waals surface area (Å²) < 4.78 is 10.6. The largest absolute Gasteiger partial charge is 0.497 e. The van der Waals surface area contributed by atoms with Crippen LogP contribution < -0.4 is 10.1 Å². The lowest BCUT2D eigenvalue weighted by Gasteiger charge is -2.13. The third kappa shape index (κ3) is 3.64. The summed E-state index contributed by atoms with van der Waals surface area (Å²) in [6.07, 6.45) is 0. The maximum absolute atomic E-state index is 11.0. The topological polar surface area (TPSA) is 71.7 Å². The lowest BCUT2D eigenvalue weighted by Crippen LogP contribution is -2.17. The third-order valence-corrected chi connectivity index (χ3v) is 3.40. The van der Waals surface area contributed by atoms with Crippen molar-refractivity contribution < 1.29 is 19.1 Å². The monoisotopic (exact) mass is 289 g/mol. The van der Waals surface area contributed by atoms with Gasteiger partial charge in [-0.25, -0.2) is 4.79 Å². The highest BCUT2D eigenvalue weighted by molar-refractivity contribution is 5.88. The standard InChI is InChI=1S/C16H19NO4/c1-10(12-4-6-13(20-3)7-5-12)17-9-14-8-15(16(18)19)11(2)21-14/h4-8,10,17H,9H2,1-3H3,(H,18,19)/t10-/m0/s1. The van der Waals surface area contributed by atoms with E-state index >= 15 is 0 Å². The average molecular weight is 289 g/mol. The summed E-state index contributed by atoms with van der Waals surface area (Å²) in [6, 6.07) is 9.49. The molecule has 0 bridgehead atoms. The fraction of sp³-hybridized carbons (Fsp3) is 0.312. The van der Waals surface area contributed by atoms with Gasteiger partial charge < -0.3 is 19.6 Å². The van der Waals surface area contributed by atoms with Crippen molar-refractivity contribution in [1.82, 2.24) is 5.32 Å². The molecule has 0 fully saturated rings. The number of ether oxygens (including phenoxy) is 1. The van der Waals surface area contributed by atoms with E-state index in [1.807, 2.05) is 31.2 Å². The van der Waals surface area contributed by atoms with Gasteiger partial charge in [0.2, 0.25) is 0 Å². The second kappa shape index (κ2) is 6.45. The SMILES string of the molecule is COc1ccc([C@H](C)NCc2cc(C(=O)O)c(C)o2)cc1. The molecule has 2 aromatic rings. The zero-order chi connectivity index (χ0) is 15.4. The van der Waals surface area contributed by atoms with E-state index < -0.39 is 5.97 Å². The third-order valence-electron chi connectivity index (χ3n) is 3.40. The van der Waals surface area contributed by atoms with Crippen LogP contribution in [0.25, 0.3) is 0 Å². The van der Waals surface area contributed by atoms with Gasteiger partial charge in [-0.1, -0.05) is 12.1 Å². The molecular formula is C16H19NO4. The number of carboxylic acid groups (broad SMARTS) is 1. The molecular weight excluding hydrogens is 270 g/mol. The summed E-state index contributed by atoms with van der Waals surface area (Å²) in [7, 11) is 1.63. The van der Waals surface area contributed by atoms with Gasteiger partial charge in [0.25, 0.3) is 0 Å². The minimum Gasteiger partial charge on any atom is -0.497 e. The smallest absolute Gasteiger partial charge is 0.339 e. The summed E-state index contributed by atoms with van der Waals surface area (Å²) in [5, 5.41) is 12.3. The molecule has 0 aliphatic heterocycles. The van der Waals surface area contributed by atoms with E-state index in [2.05, 4.69) is 5.32 Å². The van der Waals surface area contributed by atoms with Crippen LogP contribution in [0.15, 0.2) is 34.7 Å². The van der Waals surface area contributed by atoms with Crippen molar-refractivity contribution in [2.45, 2.75) is 26.4 Å². The summed E-state index contributed by atoms with van der Waals surface area (Å²) in [5.41, 5.74) is 1.33. The molecule has 1 heterocycles. The number of furan rings is 1. The Morgan fingerprint density at radius 1 is 1.38 bits per heavy atom. The van der Waals surface area contributed by atoms with Crippen LogP contribution in [0.3, 0.4) is 0 Å². The number of hydrogen-bond acceptors (Lipinski definition) is 4. The number of hydrogen-bond donors (Lipinski definition) is 2. The molecule has 112 valence electrons. The van der Waals surface area contributed by atoms with Crippen LogP contribution >= 0.6 is 0 Å². The Kier molecular flexibility index (Phi) is 4.65. The van der Waals surface area contributed by atoms with Crippen molar-refractivity contribution in [2.24, 2.45) is 0 Å². The van der Waals surface area contributed by atoms with Gasteiger partial charge in [0.15, 0.2) is 0 Å². The molecule has 5 heteroatoms. The van der Waals surface area contributed by atoms with Crippen LogP contribution in [0.2, 0.25) is 0 Å². The first-order valence-electron chi connectivity index (χ1n) is 6.71. The molecule has 2 N–H and O–H groups in total. The molecule has 1 aromatic heterocycles. The molecule has 0 spiro atoms. The highest BCUT2D eigenvalue weighted by Crippen LogP contribution is 2.19. The van der Waals surface area contributed by atoms with E-state index in [4.69, 9.17) is 14.3 Å². The Morgan fingerprint density at radius 3 is 2.57 bits per heavy atom. The van der Waals surface area contributed by atoms with Crippen molar-refractivity contribution in [3.8, 4) is 5.75 Å². The summed E-state index contributed by atoms with van der Waals surface area (Å²) in [5.74, 6) is 0.895. The van der Waals surface area contributed by atoms with Crippen molar-refractivity contribution in [3.63, 3.8) is 0 Å². The Hall–Kier alpha value is -2.27. The number of nitrogens with one attached hydrogen (secondary N) is 1. The van der Waals surface area contributed by atoms with Gasteiger partial charge in [0, 0.05) is 6.04 Å². The quantitative estimate of drug-likeness (QED) is 0.854. The second-order valence-electron chi connectivity index (χ2n) is 4.86. The molecule has 5 nitrogen and oxygen atoms in total. The first kappa shape index (κ1) is 15.1. The number of carbonyl (C=O) groups is 1. The van der Waals surface area contributed by atoms with Crippen LogP contribution in [0.1, 0.15) is 40.4 Å². The van der Waals surface area contributed by atoms with Gasteiger partial charge in [-0.05, 0) is 37.6 Å². The molecule has 1 atom stereocenters. The number of aryl methyl sites for hydroxylation is 1. The predicted molar refractivity (Wildman–Crippen MR) is 78.7 cm³/mol. The van der Waals surface area contributed by atoms with Crippen molar-refractivity contribution >= 4 is 5.97 Å². The van der Waals surface area contributed by atoms with E-state index in [1.165, 1.54) is 0 Å². The van der Waals surface area contributed by atoms with E-state index in [1.54, 1.807) is 20.1 Å².